The van der Waals surface area contributed by atoms with Gasteiger partial charge in [0.2, 0.25) is 0 Å². The topological polar surface area (TPSA) is 36.4 Å². The van der Waals surface area contributed by atoms with E-state index in [1.807, 2.05) is 12.3 Å². The van der Waals surface area contributed by atoms with Gasteiger partial charge in [-0.2, -0.15) is 0 Å². The summed E-state index contributed by atoms with van der Waals surface area (Å²) in [7, 11) is 0. The Balaban J connectivity index is 1.10. The number of hydrogen-bond donors (Lipinski definition) is 0. The highest BCUT2D eigenvalue weighted by molar-refractivity contribution is 5.91. The van der Waals surface area contributed by atoms with Crippen LogP contribution in [0.4, 0.5) is 5.82 Å². The number of carbonyl (C=O) groups excluding carboxylic acids is 1. The first-order valence-corrected chi connectivity index (χ1v) is 14.5. The molecule has 0 bridgehead atoms. The fraction of sp³-hybridized carbons (Fsp3) is 0.742. The van der Waals surface area contributed by atoms with E-state index in [2.05, 4.69) is 53.8 Å². The normalized spacial score (nSPS) is 40.5. The van der Waals surface area contributed by atoms with Crippen LogP contribution in [0.3, 0.4) is 0 Å². The van der Waals surface area contributed by atoms with Crippen molar-refractivity contribution in [2.75, 3.05) is 37.6 Å². The quantitative estimate of drug-likeness (QED) is 0.536. The summed E-state index contributed by atoms with van der Waals surface area (Å²) in [5.41, 5.74) is 2.32. The van der Waals surface area contributed by atoms with Crippen LogP contribution in [0.2, 0.25) is 0 Å². The van der Waals surface area contributed by atoms with Gasteiger partial charge in [-0.25, -0.2) is 4.98 Å². The van der Waals surface area contributed by atoms with Crippen molar-refractivity contribution in [3.63, 3.8) is 0 Å². The number of hydrogen-bond acceptors (Lipinski definition) is 4. The van der Waals surface area contributed by atoms with E-state index in [4.69, 9.17) is 0 Å². The summed E-state index contributed by atoms with van der Waals surface area (Å²) >= 11 is 0. The molecule has 2 heterocycles. The third-order valence-corrected chi connectivity index (χ3v) is 11.6. The minimum absolute atomic E-state index is 0.301. The molecular weight excluding hydrogens is 430 g/mol. The lowest BCUT2D eigenvalue weighted by atomic mass is 9.46. The minimum atomic E-state index is 0.301. The van der Waals surface area contributed by atoms with E-state index in [-0.39, 0.29) is 0 Å². The third-order valence-electron chi connectivity index (χ3n) is 11.6. The number of allylic oxidation sites excluding steroid dienone is 1. The molecule has 5 aliphatic rings. The lowest BCUT2D eigenvalue weighted by molar-refractivity contribution is -0.117. The van der Waals surface area contributed by atoms with Gasteiger partial charge in [-0.05, 0) is 104 Å². The number of nitrogens with zero attached hydrogens (tertiary/aromatic N) is 3. The van der Waals surface area contributed by atoms with Crippen molar-refractivity contribution in [3.05, 3.63) is 36.0 Å². The monoisotopic (exact) mass is 475 g/mol. The highest BCUT2D eigenvalue weighted by atomic mass is 16.1. The van der Waals surface area contributed by atoms with Gasteiger partial charge in [0.15, 0.2) is 5.78 Å². The van der Waals surface area contributed by atoms with E-state index in [0.29, 0.717) is 16.6 Å². The summed E-state index contributed by atoms with van der Waals surface area (Å²) < 4.78 is 0. The molecule has 1 aromatic rings. The van der Waals surface area contributed by atoms with Crippen LogP contribution in [0.5, 0.6) is 0 Å². The van der Waals surface area contributed by atoms with Gasteiger partial charge in [0.1, 0.15) is 5.82 Å². The molecule has 1 unspecified atom stereocenters. The van der Waals surface area contributed by atoms with Crippen molar-refractivity contribution in [2.24, 2.45) is 40.4 Å². The summed E-state index contributed by atoms with van der Waals surface area (Å²) in [6.45, 7) is 13.5. The summed E-state index contributed by atoms with van der Waals surface area (Å²) in [6, 6.07) is 6.24. The number of fused-ring (bicyclic) bond motifs is 5. The standard InChI is InChI=1S/C31H45N3O/c1-22(21-33-16-18-34(19-17-33)29-6-4-5-15-32-29)26-9-10-27-25-8-7-23-20-24(35)11-13-30(23,2)28(25)12-14-31(26,27)3/h4-6,15,20,22,25-28H,7-14,16-19,21H2,1-3H3/t22?,25-,26+,27-,28-,30-,31+/m0/s1. The SMILES string of the molecule is CC(CN1CCN(c2ccccn2)CC1)[C@H]1CC[C@H]2[C@@H]3CCC4=CC(=O)CC[C@]4(C)[C@H]3CC[C@]12C. The van der Waals surface area contributed by atoms with Crippen molar-refractivity contribution >= 4 is 11.6 Å². The van der Waals surface area contributed by atoms with Crippen LogP contribution < -0.4 is 4.90 Å². The number of piperazine rings is 1. The van der Waals surface area contributed by atoms with Crippen LogP contribution in [-0.4, -0.2) is 48.4 Å². The fourth-order valence-electron chi connectivity index (χ4n) is 9.77. The number of ketones is 1. The van der Waals surface area contributed by atoms with Gasteiger partial charge < -0.3 is 4.90 Å². The van der Waals surface area contributed by atoms with Crippen molar-refractivity contribution in [1.29, 1.82) is 0 Å². The molecule has 4 heteroatoms. The molecule has 1 aliphatic heterocycles. The number of pyridine rings is 1. The maximum Gasteiger partial charge on any atom is 0.155 e. The second kappa shape index (κ2) is 9.01. The zero-order chi connectivity index (χ0) is 24.2. The van der Waals surface area contributed by atoms with E-state index in [1.54, 1.807) is 0 Å². The molecule has 0 amide bonds. The van der Waals surface area contributed by atoms with Gasteiger partial charge >= 0.3 is 0 Å². The Labute approximate surface area is 212 Å². The Morgan fingerprint density at radius 1 is 1.00 bits per heavy atom. The van der Waals surface area contributed by atoms with Gasteiger partial charge in [-0.1, -0.05) is 32.4 Å². The zero-order valence-electron chi connectivity index (χ0n) is 22.2. The predicted molar refractivity (Wildman–Crippen MR) is 142 cm³/mol. The minimum Gasteiger partial charge on any atom is -0.354 e. The molecule has 0 radical (unpaired) electrons. The van der Waals surface area contributed by atoms with Crippen LogP contribution in [0.15, 0.2) is 36.0 Å². The van der Waals surface area contributed by atoms with Crippen molar-refractivity contribution in [1.82, 2.24) is 9.88 Å². The maximum atomic E-state index is 12.1. The average molecular weight is 476 g/mol. The van der Waals surface area contributed by atoms with E-state index in [9.17, 15) is 4.79 Å². The van der Waals surface area contributed by atoms with Gasteiger partial charge in [0, 0.05) is 45.3 Å². The Morgan fingerprint density at radius 3 is 2.60 bits per heavy atom. The van der Waals surface area contributed by atoms with E-state index < -0.39 is 0 Å². The second-order valence-corrected chi connectivity index (χ2v) is 13.2. The van der Waals surface area contributed by atoms with Crippen LogP contribution in [0.25, 0.3) is 0 Å². The zero-order valence-corrected chi connectivity index (χ0v) is 22.2. The summed E-state index contributed by atoms with van der Waals surface area (Å²) in [6.07, 6.45) is 14.0. The molecule has 1 aromatic heterocycles. The predicted octanol–water partition coefficient (Wildman–Crippen LogP) is 5.99. The van der Waals surface area contributed by atoms with E-state index in [1.165, 1.54) is 50.6 Å². The van der Waals surface area contributed by atoms with Crippen molar-refractivity contribution < 1.29 is 4.79 Å². The molecule has 4 nitrogen and oxygen atoms in total. The molecule has 0 spiro atoms. The van der Waals surface area contributed by atoms with Gasteiger partial charge in [0.05, 0.1) is 0 Å². The molecule has 4 fully saturated rings. The molecule has 0 aromatic carbocycles. The maximum absolute atomic E-state index is 12.1. The lowest BCUT2D eigenvalue weighted by Crippen LogP contribution is -2.52. The number of rotatable bonds is 4. The van der Waals surface area contributed by atoms with Gasteiger partial charge in [0.25, 0.3) is 0 Å². The first kappa shape index (κ1) is 23.7. The van der Waals surface area contributed by atoms with Crippen LogP contribution in [-0.2, 0) is 4.79 Å². The molecule has 35 heavy (non-hydrogen) atoms. The number of carbonyl (C=O) groups is 1. The fourth-order valence-corrected chi connectivity index (χ4v) is 9.77. The van der Waals surface area contributed by atoms with Gasteiger partial charge in [-0.3, -0.25) is 9.69 Å². The van der Waals surface area contributed by atoms with E-state index >= 15 is 0 Å². The lowest BCUT2D eigenvalue weighted by Gasteiger charge is -2.58. The molecule has 0 N–H and O–H groups in total. The summed E-state index contributed by atoms with van der Waals surface area (Å²) in [5.74, 6) is 5.72. The highest BCUT2D eigenvalue weighted by Crippen LogP contribution is 2.67. The first-order valence-electron chi connectivity index (χ1n) is 14.5. The molecule has 4 aliphatic carbocycles. The van der Waals surface area contributed by atoms with Crippen molar-refractivity contribution in [2.45, 2.75) is 72.1 Å². The summed E-state index contributed by atoms with van der Waals surface area (Å²) in [5, 5.41) is 0. The highest BCUT2D eigenvalue weighted by Gasteiger charge is 2.59. The Morgan fingerprint density at radius 2 is 1.83 bits per heavy atom. The van der Waals surface area contributed by atoms with Gasteiger partial charge in [-0.15, -0.1) is 0 Å². The molecular formula is C31H45N3O. The Bertz CT molecular complexity index is 967. The smallest absolute Gasteiger partial charge is 0.155 e. The number of anilines is 1. The molecule has 6 rings (SSSR count). The first-order chi connectivity index (χ1) is 16.9. The Hall–Kier alpha value is -1.68. The van der Waals surface area contributed by atoms with Crippen molar-refractivity contribution in [3.8, 4) is 0 Å². The van der Waals surface area contributed by atoms with E-state index in [0.717, 1.165) is 74.4 Å². The average Bonchev–Trinajstić information content (AvgIpc) is 3.23. The van der Waals surface area contributed by atoms with Crippen LogP contribution in [0.1, 0.15) is 72.1 Å². The largest absolute Gasteiger partial charge is 0.354 e. The Kier molecular flexibility index (Phi) is 6.10. The molecule has 7 atom stereocenters. The van der Waals surface area contributed by atoms with Crippen LogP contribution >= 0.6 is 0 Å². The molecule has 190 valence electrons. The van der Waals surface area contributed by atoms with Crippen LogP contribution in [0, 0.1) is 40.4 Å². The third kappa shape index (κ3) is 3.99. The molecule has 1 saturated heterocycles. The molecule has 3 saturated carbocycles. The summed E-state index contributed by atoms with van der Waals surface area (Å²) in [4.78, 5) is 21.9. The number of aromatic nitrogens is 1. The second-order valence-electron chi connectivity index (χ2n) is 13.2.